The number of fused-ring (bicyclic) bond motifs is 4. The molecule has 0 heteroatoms. The highest BCUT2D eigenvalue weighted by molar-refractivity contribution is 6.21. The highest BCUT2D eigenvalue weighted by atomic mass is 14.3. The monoisotopic (exact) mass is 660 g/mol. The Morgan fingerprint density at radius 3 is 1.69 bits per heavy atom. The van der Waals surface area contributed by atoms with Gasteiger partial charge in [-0.05, 0) is 94.0 Å². The van der Waals surface area contributed by atoms with Crippen LogP contribution in [0.1, 0.15) is 17.0 Å². The fourth-order valence-electron chi connectivity index (χ4n) is 8.75. The van der Waals surface area contributed by atoms with Crippen LogP contribution in [0, 0.1) is 5.92 Å². The Morgan fingerprint density at radius 2 is 0.962 bits per heavy atom. The molecule has 2 unspecified atom stereocenters. The van der Waals surface area contributed by atoms with E-state index in [-0.39, 0.29) is 5.92 Å². The first-order chi connectivity index (χ1) is 25.8. The lowest BCUT2D eigenvalue weighted by Crippen LogP contribution is -2.18. The van der Waals surface area contributed by atoms with Crippen molar-refractivity contribution in [2.45, 2.75) is 5.92 Å². The lowest BCUT2D eigenvalue weighted by molar-refractivity contribution is 0.685. The molecule has 0 saturated heterocycles. The van der Waals surface area contributed by atoms with Crippen molar-refractivity contribution in [1.82, 2.24) is 0 Å². The average Bonchev–Trinajstić information content (AvgIpc) is 3.22. The van der Waals surface area contributed by atoms with Crippen molar-refractivity contribution in [3.05, 3.63) is 223 Å². The van der Waals surface area contributed by atoms with Crippen LogP contribution >= 0.6 is 0 Å². The van der Waals surface area contributed by atoms with Crippen molar-refractivity contribution >= 4 is 37.9 Å². The van der Waals surface area contributed by atoms with Crippen molar-refractivity contribution in [1.29, 1.82) is 0 Å². The first-order valence-corrected chi connectivity index (χ1v) is 18.3. The zero-order chi connectivity index (χ0) is 34.4. The zero-order valence-electron chi connectivity index (χ0n) is 28.8. The van der Waals surface area contributed by atoms with Crippen LogP contribution in [-0.4, -0.2) is 0 Å². The van der Waals surface area contributed by atoms with Crippen LogP contribution in [0.5, 0.6) is 0 Å². The van der Waals surface area contributed by atoms with Gasteiger partial charge in [-0.25, -0.2) is 0 Å². The minimum atomic E-state index is 0.263. The molecule has 0 bridgehead atoms. The second-order valence-corrected chi connectivity index (χ2v) is 14.0. The summed E-state index contributed by atoms with van der Waals surface area (Å²) < 4.78 is 0. The zero-order valence-corrected chi connectivity index (χ0v) is 28.8. The summed E-state index contributed by atoms with van der Waals surface area (Å²) in [6, 6.07) is 62.6. The molecule has 0 spiro atoms. The molecule has 0 radical (unpaired) electrons. The Labute approximate surface area is 305 Å². The van der Waals surface area contributed by atoms with E-state index in [0.717, 1.165) is 0 Å². The molecule has 0 saturated carbocycles. The summed E-state index contributed by atoms with van der Waals surface area (Å²) in [4.78, 5) is 0. The maximum atomic E-state index is 2.38. The molecule has 0 heterocycles. The number of hydrogen-bond acceptors (Lipinski definition) is 0. The summed E-state index contributed by atoms with van der Waals surface area (Å²) in [6.45, 7) is 0. The molecule has 244 valence electrons. The first-order valence-electron chi connectivity index (χ1n) is 18.3. The van der Waals surface area contributed by atoms with Crippen LogP contribution in [0.15, 0.2) is 212 Å². The smallest absolute Gasteiger partial charge is 0.0199 e. The molecular formula is C52H36. The molecule has 2 atom stereocenters. The van der Waals surface area contributed by atoms with E-state index < -0.39 is 0 Å². The van der Waals surface area contributed by atoms with Gasteiger partial charge in [0.25, 0.3) is 0 Å². The molecule has 0 N–H and O–H groups in total. The van der Waals surface area contributed by atoms with Gasteiger partial charge in [-0.1, -0.05) is 200 Å². The van der Waals surface area contributed by atoms with Crippen molar-refractivity contribution in [3.63, 3.8) is 0 Å². The van der Waals surface area contributed by atoms with Gasteiger partial charge in [0.15, 0.2) is 0 Å². The quantitative estimate of drug-likeness (QED) is 0.161. The van der Waals surface area contributed by atoms with Crippen molar-refractivity contribution in [2.24, 2.45) is 5.92 Å². The third-order valence-corrected chi connectivity index (χ3v) is 11.1. The number of benzene rings is 8. The largest absolute Gasteiger partial charge is 0.0761 e. The SMILES string of the molecule is C1=CC2=CC=C(c3ccc(-c4c5ccccc5c(-c5cccc(-c6cccc7ccccc67)c5)c5ccccc45)cc3)C(c3ccccc3)C2C=C1. The van der Waals surface area contributed by atoms with Gasteiger partial charge in [0.1, 0.15) is 0 Å². The van der Waals surface area contributed by atoms with Gasteiger partial charge in [-0.2, -0.15) is 0 Å². The summed E-state index contributed by atoms with van der Waals surface area (Å²) in [5, 5.41) is 7.61. The molecule has 0 aliphatic heterocycles. The van der Waals surface area contributed by atoms with E-state index in [1.54, 1.807) is 0 Å². The fourth-order valence-corrected chi connectivity index (χ4v) is 8.75. The summed E-state index contributed by atoms with van der Waals surface area (Å²) in [5.74, 6) is 0.588. The van der Waals surface area contributed by atoms with Crippen LogP contribution < -0.4 is 0 Å². The second kappa shape index (κ2) is 12.7. The number of allylic oxidation sites excluding steroid dienone is 8. The van der Waals surface area contributed by atoms with E-state index in [1.165, 1.54) is 88.0 Å². The van der Waals surface area contributed by atoms with E-state index >= 15 is 0 Å². The maximum Gasteiger partial charge on any atom is 0.0199 e. The molecule has 52 heavy (non-hydrogen) atoms. The number of hydrogen-bond donors (Lipinski definition) is 0. The summed E-state index contributed by atoms with van der Waals surface area (Å²) in [6.07, 6.45) is 13.6. The van der Waals surface area contributed by atoms with Crippen LogP contribution in [0.3, 0.4) is 0 Å². The molecule has 0 nitrogen and oxygen atoms in total. The predicted molar refractivity (Wildman–Crippen MR) is 222 cm³/mol. The Hall–Kier alpha value is -6.50. The molecule has 0 fully saturated rings. The first kappa shape index (κ1) is 30.3. The lowest BCUT2D eigenvalue weighted by Gasteiger charge is -2.33. The number of rotatable bonds is 5. The van der Waals surface area contributed by atoms with Gasteiger partial charge in [0.2, 0.25) is 0 Å². The molecule has 10 rings (SSSR count). The summed E-state index contributed by atoms with van der Waals surface area (Å²) in [7, 11) is 0. The van der Waals surface area contributed by atoms with Gasteiger partial charge in [-0.15, -0.1) is 0 Å². The normalized spacial score (nSPS) is 16.5. The van der Waals surface area contributed by atoms with Gasteiger partial charge < -0.3 is 0 Å². The van der Waals surface area contributed by atoms with Crippen molar-refractivity contribution in [3.8, 4) is 33.4 Å². The second-order valence-electron chi connectivity index (χ2n) is 14.0. The lowest BCUT2D eigenvalue weighted by atomic mass is 9.70. The average molecular weight is 661 g/mol. The topological polar surface area (TPSA) is 0 Å². The van der Waals surface area contributed by atoms with Gasteiger partial charge in [0.05, 0.1) is 0 Å². The van der Waals surface area contributed by atoms with E-state index in [4.69, 9.17) is 0 Å². The van der Waals surface area contributed by atoms with E-state index in [9.17, 15) is 0 Å². The van der Waals surface area contributed by atoms with Crippen LogP contribution in [0.25, 0.3) is 71.3 Å². The van der Waals surface area contributed by atoms with Crippen LogP contribution in [0.2, 0.25) is 0 Å². The highest BCUT2D eigenvalue weighted by Crippen LogP contribution is 2.48. The molecular weight excluding hydrogens is 625 g/mol. The molecule has 8 aromatic rings. The molecule has 0 aromatic heterocycles. The highest BCUT2D eigenvalue weighted by Gasteiger charge is 2.31. The molecule has 0 amide bonds. The predicted octanol–water partition coefficient (Wildman–Crippen LogP) is 14.0. The molecule has 2 aliphatic carbocycles. The van der Waals surface area contributed by atoms with E-state index in [0.29, 0.717) is 5.92 Å². The molecule has 8 aromatic carbocycles. The summed E-state index contributed by atoms with van der Waals surface area (Å²) in [5.41, 5.74) is 12.9. The maximum absolute atomic E-state index is 2.38. The summed E-state index contributed by atoms with van der Waals surface area (Å²) >= 11 is 0. The Morgan fingerprint density at radius 1 is 0.385 bits per heavy atom. The Balaban J connectivity index is 1.12. The Bertz CT molecular complexity index is 2710. The van der Waals surface area contributed by atoms with Crippen LogP contribution in [-0.2, 0) is 0 Å². The van der Waals surface area contributed by atoms with Gasteiger partial charge in [0, 0.05) is 11.8 Å². The Kier molecular flexibility index (Phi) is 7.40. The third-order valence-electron chi connectivity index (χ3n) is 11.1. The molecule has 2 aliphatic rings. The minimum absolute atomic E-state index is 0.263. The van der Waals surface area contributed by atoms with Crippen LogP contribution in [0.4, 0.5) is 0 Å². The van der Waals surface area contributed by atoms with Gasteiger partial charge in [-0.3, -0.25) is 0 Å². The fraction of sp³-hybridized carbons (Fsp3) is 0.0385. The van der Waals surface area contributed by atoms with E-state index in [2.05, 4.69) is 206 Å². The van der Waals surface area contributed by atoms with Crippen molar-refractivity contribution < 1.29 is 0 Å². The third kappa shape index (κ3) is 5.07. The van der Waals surface area contributed by atoms with Crippen molar-refractivity contribution in [2.75, 3.05) is 0 Å². The van der Waals surface area contributed by atoms with Gasteiger partial charge >= 0.3 is 0 Å². The van der Waals surface area contributed by atoms with E-state index in [1.807, 2.05) is 0 Å². The standard InChI is InChI=1S/C52H36/c1-2-16-38(17-3-1)50-44-22-7-5-15-36(44)32-33-45(50)37-28-30-39(31-29-37)51-46-23-8-10-25-48(46)52(49-26-11-9-24-47(49)51)41-20-12-19-40(34-41)43-27-13-18-35-14-4-6-21-42(35)43/h1-34,44,50H. The minimum Gasteiger partial charge on any atom is -0.0761 e.